The molecule has 1 saturated heterocycles. The molecule has 0 spiro atoms. The zero-order valence-corrected chi connectivity index (χ0v) is 12.1. The van der Waals surface area contributed by atoms with Crippen LogP contribution in [0.3, 0.4) is 0 Å². The van der Waals surface area contributed by atoms with Gasteiger partial charge in [-0.15, -0.1) is 0 Å². The topological polar surface area (TPSA) is 94.3 Å². The summed E-state index contributed by atoms with van der Waals surface area (Å²) in [7, 11) is -2.92. The Balaban J connectivity index is 1.68. The van der Waals surface area contributed by atoms with Gasteiger partial charge in [0.05, 0.1) is 24.7 Å². The van der Waals surface area contributed by atoms with Gasteiger partial charge in [0.25, 0.3) is 6.43 Å². The molecule has 1 atom stereocenters. The van der Waals surface area contributed by atoms with Crippen molar-refractivity contribution < 1.29 is 26.5 Å². The van der Waals surface area contributed by atoms with Crippen LogP contribution in [0.15, 0.2) is 4.52 Å². The smallest absolute Gasteiger partial charge is 0.261 e. The molecule has 1 N–H and O–H groups in total. The summed E-state index contributed by atoms with van der Waals surface area (Å²) in [6.45, 7) is -0.231. The molecule has 1 aromatic heterocycles. The van der Waals surface area contributed by atoms with Crippen LogP contribution in [0.2, 0.25) is 0 Å². The molecule has 21 heavy (non-hydrogen) atoms. The lowest BCUT2D eigenvalue weighted by Gasteiger charge is -2.07. The van der Waals surface area contributed by atoms with Crippen LogP contribution < -0.4 is 5.32 Å². The summed E-state index contributed by atoms with van der Waals surface area (Å²) in [4.78, 5) is 4.07. The lowest BCUT2D eigenvalue weighted by molar-refractivity contribution is 0.0182. The zero-order chi connectivity index (χ0) is 15.3. The van der Waals surface area contributed by atoms with E-state index in [9.17, 15) is 17.2 Å². The maximum absolute atomic E-state index is 11.8. The Morgan fingerprint density at radius 2 is 2.29 bits per heavy atom. The highest BCUT2D eigenvalue weighted by Crippen LogP contribution is 2.11. The van der Waals surface area contributed by atoms with E-state index in [-0.39, 0.29) is 37.1 Å². The van der Waals surface area contributed by atoms with Gasteiger partial charge in [0.2, 0.25) is 5.89 Å². The van der Waals surface area contributed by atoms with Gasteiger partial charge in [0, 0.05) is 12.5 Å². The van der Waals surface area contributed by atoms with E-state index in [1.807, 2.05) is 0 Å². The molecule has 0 aliphatic carbocycles. The molecule has 1 fully saturated rings. The summed E-state index contributed by atoms with van der Waals surface area (Å²) in [6, 6.07) is -0.0975. The first-order valence-electron chi connectivity index (χ1n) is 6.56. The van der Waals surface area contributed by atoms with Crippen LogP contribution in [-0.4, -0.2) is 55.7 Å². The second-order valence-corrected chi connectivity index (χ2v) is 7.03. The molecule has 2 heterocycles. The minimum atomic E-state index is -2.92. The van der Waals surface area contributed by atoms with E-state index in [0.717, 1.165) is 0 Å². The van der Waals surface area contributed by atoms with Gasteiger partial charge in [0.15, 0.2) is 15.7 Å². The Hall–Kier alpha value is -1.13. The highest BCUT2D eigenvalue weighted by molar-refractivity contribution is 7.91. The molecule has 0 bridgehead atoms. The van der Waals surface area contributed by atoms with E-state index < -0.39 is 22.9 Å². The maximum Gasteiger partial charge on any atom is 0.261 e. The average Bonchev–Trinajstić information content (AvgIpc) is 2.98. The molecule has 0 radical (unpaired) electrons. The third kappa shape index (κ3) is 5.64. The third-order valence-electron chi connectivity index (χ3n) is 3.00. The number of nitrogens with zero attached hydrogens (tertiary/aromatic N) is 2. The van der Waals surface area contributed by atoms with Crippen molar-refractivity contribution in [2.45, 2.75) is 31.9 Å². The molecule has 1 aliphatic heterocycles. The average molecular weight is 325 g/mol. The summed E-state index contributed by atoms with van der Waals surface area (Å²) < 4.78 is 56.0. The van der Waals surface area contributed by atoms with Crippen molar-refractivity contribution in [2.75, 3.05) is 24.7 Å². The van der Waals surface area contributed by atoms with Crippen LogP contribution >= 0.6 is 0 Å². The van der Waals surface area contributed by atoms with E-state index in [2.05, 4.69) is 15.5 Å². The fourth-order valence-electron chi connectivity index (χ4n) is 1.99. The molecule has 0 amide bonds. The zero-order valence-electron chi connectivity index (χ0n) is 11.3. The van der Waals surface area contributed by atoms with Gasteiger partial charge < -0.3 is 14.6 Å². The molecule has 1 aromatic rings. The van der Waals surface area contributed by atoms with Gasteiger partial charge in [0.1, 0.15) is 6.61 Å². The van der Waals surface area contributed by atoms with Crippen molar-refractivity contribution in [3.8, 4) is 0 Å². The van der Waals surface area contributed by atoms with Crippen LogP contribution in [0.25, 0.3) is 0 Å². The molecule has 0 aromatic carbocycles. The summed E-state index contributed by atoms with van der Waals surface area (Å²) in [5.41, 5.74) is 0. The summed E-state index contributed by atoms with van der Waals surface area (Å²) in [5.74, 6) is 1.03. The number of alkyl halides is 2. The quantitative estimate of drug-likeness (QED) is 0.681. The maximum atomic E-state index is 11.8. The van der Waals surface area contributed by atoms with E-state index in [4.69, 9.17) is 9.26 Å². The van der Waals surface area contributed by atoms with Crippen LogP contribution in [0.5, 0.6) is 0 Å². The fourth-order valence-corrected chi connectivity index (χ4v) is 3.69. The van der Waals surface area contributed by atoms with E-state index in [0.29, 0.717) is 18.1 Å². The number of aromatic nitrogens is 2. The Bertz CT molecular complexity index is 549. The summed E-state index contributed by atoms with van der Waals surface area (Å²) >= 11 is 0. The molecule has 7 nitrogen and oxygen atoms in total. The first-order valence-corrected chi connectivity index (χ1v) is 8.38. The van der Waals surface area contributed by atoms with Crippen molar-refractivity contribution in [1.29, 1.82) is 0 Å². The van der Waals surface area contributed by atoms with Crippen LogP contribution in [0.4, 0.5) is 8.78 Å². The van der Waals surface area contributed by atoms with Crippen LogP contribution in [-0.2, 0) is 27.5 Å². The highest BCUT2D eigenvalue weighted by Gasteiger charge is 2.27. The monoisotopic (exact) mass is 325 g/mol. The summed E-state index contributed by atoms with van der Waals surface area (Å²) in [6.07, 6.45) is -1.63. The molecule has 2 rings (SSSR count). The predicted octanol–water partition coefficient (Wildman–Crippen LogP) is 0.171. The fraction of sp³-hybridized carbons (Fsp3) is 0.818. The van der Waals surface area contributed by atoms with Gasteiger partial charge in [-0.3, -0.25) is 0 Å². The van der Waals surface area contributed by atoms with Gasteiger partial charge in [-0.2, -0.15) is 4.98 Å². The molecule has 1 unspecified atom stereocenters. The van der Waals surface area contributed by atoms with Gasteiger partial charge in [-0.1, -0.05) is 5.16 Å². The normalized spacial score (nSPS) is 21.2. The third-order valence-corrected chi connectivity index (χ3v) is 4.77. The first-order chi connectivity index (χ1) is 9.94. The van der Waals surface area contributed by atoms with Crippen molar-refractivity contribution >= 4 is 9.84 Å². The Morgan fingerprint density at radius 1 is 1.48 bits per heavy atom. The number of hydrogen-bond acceptors (Lipinski definition) is 7. The summed E-state index contributed by atoms with van der Waals surface area (Å²) in [5, 5.41) is 6.74. The van der Waals surface area contributed by atoms with Gasteiger partial charge in [-0.05, 0) is 6.42 Å². The van der Waals surface area contributed by atoms with E-state index in [1.165, 1.54) is 0 Å². The Labute approximate surface area is 121 Å². The number of rotatable bonds is 8. The van der Waals surface area contributed by atoms with Crippen molar-refractivity contribution in [2.24, 2.45) is 0 Å². The van der Waals surface area contributed by atoms with E-state index >= 15 is 0 Å². The highest BCUT2D eigenvalue weighted by atomic mass is 32.2. The van der Waals surface area contributed by atoms with Crippen molar-refractivity contribution in [1.82, 2.24) is 15.5 Å². The van der Waals surface area contributed by atoms with Crippen molar-refractivity contribution in [3.63, 3.8) is 0 Å². The number of nitrogens with one attached hydrogen (secondary N) is 1. The molecule has 1 aliphatic rings. The molecule has 10 heteroatoms. The van der Waals surface area contributed by atoms with Gasteiger partial charge in [-0.25, -0.2) is 17.2 Å². The largest absolute Gasteiger partial charge is 0.375 e. The number of sulfone groups is 1. The first kappa shape index (κ1) is 16.2. The number of halogens is 2. The number of ether oxygens (including phenoxy) is 1. The molecule has 0 saturated carbocycles. The Kier molecular flexibility index (Phi) is 5.59. The lowest BCUT2D eigenvalue weighted by atomic mass is 10.3. The standard InChI is InChI=1S/C11H17F2N3O4S/c12-9(13)6-19-3-1-10-15-11(20-16-10)5-14-8-2-4-21(17,18)7-8/h8-9,14H,1-7H2. The second-order valence-electron chi connectivity index (χ2n) is 4.80. The van der Waals surface area contributed by atoms with Crippen molar-refractivity contribution in [3.05, 3.63) is 11.7 Å². The SMILES string of the molecule is O=S1(=O)CCC(NCc2nc(CCOCC(F)F)no2)C1. The predicted molar refractivity (Wildman–Crippen MR) is 68.7 cm³/mol. The Morgan fingerprint density at radius 3 is 2.95 bits per heavy atom. The lowest BCUT2D eigenvalue weighted by Crippen LogP contribution is -2.29. The minimum Gasteiger partial charge on any atom is -0.375 e. The van der Waals surface area contributed by atoms with Gasteiger partial charge >= 0.3 is 0 Å². The molecule has 120 valence electrons. The molecular formula is C11H17F2N3O4S. The minimum absolute atomic E-state index is 0.0949. The number of hydrogen-bond donors (Lipinski definition) is 1. The second kappa shape index (κ2) is 7.23. The molecular weight excluding hydrogens is 308 g/mol. The van der Waals surface area contributed by atoms with Crippen LogP contribution in [0, 0.1) is 0 Å². The van der Waals surface area contributed by atoms with Crippen LogP contribution in [0.1, 0.15) is 18.1 Å². The van der Waals surface area contributed by atoms with E-state index in [1.54, 1.807) is 0 Å².